The Morgan fingerprint density at radius 3 is 2.55 bits per heavy atom. The number of nitrogen functional groups attached to an aromatic ring is 1. The lowest BCUT2D eigenvalue weighted by Crippen LogP contribution is -2.47. The van der Waals surface area contributed by atoms with Crippen molar-refractivity contribution in [3.63, 3.8) is 0 Å². The van der Waals surface area contributed by atoms with Crippen LogP contribution >= 0.6 is 0 Å². The number of halogens is 1. The van der Waals surface area contributed by atoms with Crippen molar-refractivity contribution in [2.75, 3.05) is 72.9 Å². The summed E-state index contributed by atoms with van der Waals surface area (Å²) < 4.78 is 35.6. The Hall–Kier alpha value is -3.88. The van der Waals surface area contributed by atoms with E-state index >= 15 is 4.39 Å². The summed E-state index contributed by atoms with van der Waals surface area (Å²) in [5.74, 6) is 2.27. The zero-order valence-electron chi connectivity index (χ0n) is 21.8. The summed E-state index contributed by atoms with van der Waals surface area (Å²) in [5, 5.41) is 4.42. The number of nitrogens with zero attached hydrogens (tertiary/aromatic N) is 9. The van der Waals surface area contributed by atoms with Gasteiger partial charge in [-0.25, -0.2) is 14.4 Å². The van der Waals surface area contributed by atoms with E-state index in [0.29, 0.717) is 65.2 Å². The van der Waals surface area contributed by atoms with Gasteiger partial charge in [-0.2, -0.15) is 9.50 Å². The Kier molecular flexibility index (Phi) is 6.44. The van der Waals surface area contributed by atoms with Crippen LogP contribution in [0, 0.1) is 5.82 Å². The largest absolute Gasteiger partial charge is 0.616 e. The summed E-state index contributed by atoms with van der Waals surface area (Å²) in [6, 6.07) is 9.04. The topological polar surface area (TPSA) is 133 Å². The van der Waals surface area contributed by atoms with E-state index in [1.165, 1.54) is 4.52 Å². The molecule has 0 unspecified atom stereocenters. The second-order valence-corrected chi connectivity index (χ2v) is 11.7. The lowest BCUT2D eigenvalue weighted by Gasteiger charge is -2.36. The highest BCUT2D eigenvalue weighted by Crippen LogP contribution is 2.27. The molecule has 0 bridgehead atoms. The first-order valence-electron chi connectivity index (χ1n) is 13.3. The molecule has 14 heteroatoms. The highest BCUT2D eigenvalue weighted by molar-refractivity contribution is 7.91. The summed E-state index contributed by atoms with van der Waals surface area (Å²) in [7, 11) is 0. The minimum atomic E-state index is -0.754. The normalized spacial score (nSPS) is 17.4. The van der Waals surface area contributed by atoms with E-state index < -0.39 is 11.2 Å². The van der Waals surface area contributed by atoms with E-state index in [9.17, 15) is 4.55 Å². The molecule has 2 N–H and O–H groups in total. The molecule has 40 heavy (non-hydrogen) atoms. The molecule has 4 aromatic heterocycles. The number of piperazine rings is 1. The third-order valence-corrected chi connectivity index (χ3v) is 8.93. The van der Waals surface area contributed by atoms with Crippen LogP contribution in [0.3, 0.4) is 0 Å². The van der Waals surface area contributed by atoms with Crippen LogP contribution in [0.2, 0.25) is 0 Å². The van der Waals surface area contributed by atoms with Crippen molar-refractivity contribution in [2.24, 2.45) is 0 Å². The van der Waals surface area contributed by atoms with Gasteiger partial charge < -0.3 is 29.1 Å². The van der Waals surface area contributed by atoms with Gasteiger partial charge in [0.25, 0.3) is 0 Å². The second kappa shape index (κ2) is 10.3. The van der Waals surface area contributed by atoms with Gasteiger partial charge in [-0.05, 0) is 30.3 Å². The first kappa shape index (κ1) is 25.1. The maximum absolute atomic E-state index is 15.1. The van der Waals surface area contributed by atoms with Crippen molar-refractivity contribution in [1.82, 2.24) is 34.0 Å². The van der Waals surface area contributed by atoms with Gasteiger partial charge in [-0.1, -0.05) is 11.2 Å². The fourth-order valence-electron chi connectivity index (χ4n) is 5.41. The fraction of sp³-hybridized carbons (Fsp3) is 0.385. The highest BCUT2D eigenvalue weighted by Gasteiger charge is 2.24. The van der Waals surface area contributed by atoms with Gasteiger partial charge in [0.1, 0.15) is 17.3 Å². The molecule has 2 aliphatic rings. The number of furan rings is 1. The van der Waals surface area contributed by atoms with E-state index in [1.807, 2.05) is 16.7 Å². The third-order valence-electron chi connectivity index (χ3n) is 7.65. The molecular formula is C26H29FN10O2S. The number of fused-ring (bicyclic) bond motifs is 3. The van der Waals surface area contributed by atoms with E-state index in [1.54, 1.807) is 30.8 Å². The van der Waals surface area contributed by atoms with Crippen LogP contribution in [0.4, 0.5) is 21.7 Å². The average Bonchev–Trinajstić information content (AvgIpc) is 3.73. The van der Waals surface area contributed by atoms with Crippen LogP contribution in [-0.4, -0.2) is 95.9 Å². The Labute approximate surface area is 232 Å². The zero-order chi connectivity index (χ0) is 27.2. The molecule has 7 rings (SSSR count). The molecule has 2 saturated heterocycles. The molecule has 0 amide bonds. The van der Waals surface area contributed by atoms with Gasteiger partial charge in [0, 0.05) is 45.0 Å². The molecule has 0 atom stereocenters. The van der Waals surface area contributed by atoms with Crippen LogP contribution in [-0.2, 0) is 17.7 Å². The fourth-order valence-corrected chi connectivity index (χ4v) is 6.46. The molecule has 208 valence electrons. The lowest BCUT2D eigenvalue weighted by atomic mass is 10.2. The van der Waals surface area contributed by atoms with Crippen molar-refractivity contribution in [2.45, 2.75) is 6.54 Å². The number of anilines is 3. The summed E-state index contributed by atoms with van der Waals surface area (Å²) in [4.78, 5) is 20.3. The molecule has 12 nitrogen and oxygen atoms in total. The molecule has 1 aromatic carbocycles. The zero-order valence-corrected chi connectivity index (χ0v) is 22.6. The predicted molar refractivity (Wildman–Crippen MR) is 151 cm³/mol. The summed E-state index contributed by atoms with van der Waals surface area (Å²) in [6.45, 7) is 6.01. The van der Waals surface area contributed by atoms with Crippen LogP contribution in [0.1, 0.15) is 0 Å². The predicted octanol–water partition coefficient (Wildman–Crippen LogP) is 1.85. The SMILES string of the molecule is Nc1nc2c(ncn2CCN2CCN(c3ccc(N4CC[S+]([O-])CC4)cc3F)CC2)c2nc(-c3ccco3)nn12. The molecule has 0 saturated carbocycles. The maximum atomic E-state index is 15.1. The Balaban J connectivity index is 0.995. The number of imidazole rings is 1. The van der Waals surface area contributed by atoms with Crippen molar-refractivity contribution >= 4 is 45.3 Å². The van der Waals surface area contributed by atoms with Gasteiger partial charge in [-0.3, -0.25) is 4.90 Å². The number of nitrogens with two attached hydrogens (primary N) is 1. The molecule has 0 radical (unpaired) electrons. The number of rotatable bonds is 6. The monoisotopic (exact) mass is 564 g/mol. The second-order valence-electron chi connectivity index (χ2n) is 10.0. The van der Waals surface area contributed by atoms with Gasteiger partial charge in [0.05, 0.1) is 31.4 Å². The van der Waals surface area contributed by atoms with Gasteiger partial charge in [0.15, 0.2) is 22.6 Å². The third kappa shape index (κ3) is 4.61. The number of hydrogen-bond acceptors (Lipinski definition) is 10. The Morgan fingerprint density at radius 2 is 1.80 bits per heavy atom. The first-order valence-corrected chi connectivity index (χ1v) is 14.8. The number of benzene rings is 1. The smallest absolute Gasteiger partial charge is 0.225 e. The van der Waals surface area contributed by atoms with Crippen LogP contribution in [0.15, 0.2) is 47.3 Å². The molecule has 6 heterocycles. The minimum absolute atomic E-state index is 0.207. The summed E-state index contributed by atoms with van der Waals surface area (Å²) in [6.07, 6.45) is 3.33. The Bertz CT molecular complexity index is 1640. The van der Waals surface area contributed by atoms with E-state index in [2.05, 4.69) is 34.8 Å². The van der Waals surface area contributed by atoms with Gasteiger partial charge >= 0.3 is 0 Å². The van der Waals surface area contributed by atoms with Gasteiger partial charge in [-0.15, -0.1) is 5.10 Å². The van der Waals surface area contributed by atoms with Gasteiger partial charge in [0.2, 0.25) is 11.8 Å². The van der Waals surface area contributed by atoms with E-state index in [4.69, 9.17) is 10.2 Å². The number of aromatic nitrogens is 6. The summed E-state index contributed by atoms with van der Waals surface area (Å²) >= 11 is -0.754. The van der Waals surface area contributed by atoms with Crippen LogP contribution in [0.25, 0.3) is 28.4 Å². The van der Waals surface area contributed by atoms with Crippen LogP contribution < -0.4 is 15.5 Å². The molecule has 2 aliphatic heterocycles. The molecule has 2 fully saturated rings. The Morgan fingerprint density at radius 1 is 0.975 bits per heavy atom. The maximum Gasteiger partial charge on any atom is 0.225 e. The summed E-state index contributed by atoms with van der Waals surface area (Å²) in [5.41, 5.74) is 9.52. The standard InChI is InChI=1S/C26H29FN10O2S/c27-19-16-18(34-11-14-40(38)15-12-34)3-4-20(19)35-8-5-33(6-9-35)7-10-36-17-29-22-24(36)31-26(28)37-25(22)30-23(32-37)21-2-1-13-39-21/h1-4,13,16-17H,5-12,14-15H2,(H2,28,31). The molecule has 0 aliphatic carbocycles. The average molecular weight is 565 g/mol. The van der Waals surface area contributed by atoms with Crippen molar-refractivity contribution in [3.8, 4) is 11.6 Å². The van der Waals surface area contributed by atoms with Crippen molar-refractivity contribution < 1.29 is 13.4 Å². The van der Waals surface area contributed by atoms with E-state index in [0.717, 1.165) is 38.4 Å². The minimum Gasteiger partial charge on any atom is -0.616 e. The quantitative estimate of drug-likeness (QED) is 0.305. The lowest BCUT2D eigenvalue weighted by molar-refractivity contribution is 0.248. The molecular weight excluding hydrogens is 535 g/mol. The van der Waals surface area contributed by atoms with E-state index in [-0.39, 0.29) is 11.8 Å². The first-order chi connectivity index (χ1) is 19.5. The number of hydrogen-bond donors (Lipinski definition) is 1. The molecule has 0 spiro atoms. The van der Waals surface area contributed by atoms with Crippen molar-refractivity contribution in [3.05, 3.63) is 48.7 Å². The highest BCUT2D eigenvalue weighted by atomic mass is 32.2. The van der Waals surface area contributed by atoms with Crippen LogP contribution in [0.5, 0.6) is 0 Å². The van der Waals surface area contributed by atoms with Crippen molar-refractivity contribution in [1.29, 1.82) is 0 Å². The molecule has 5 aromatic rings.